The van der Waals surface area contributed by atoms with Crippen LogP contribution in [0.2, 0.25) is 0 Å². The van der Waals surface area contributed by atoms with Gasteiger partial charge in [0.15, 0.2) is 5.96 Å². The fourth-order valence-electron chi connectivity index (χ4n) is 2.76. The van der Waals surface area contributed by atoms with E-state index in [1.165, 1.54) is 24.3 Å². The van der Waals surface area contributed by atoms with Crippen LogP contribution in [0.3, 0.4) is 0 Å². The number of guanidine groups is 1. The van der Waals surface area contributed by atoms with E-state index in [4.69, 9.17) is 0 Å². The fourth-order valence-corrected chi connectivity index (χ4v) is 3.54. The van der Waals surface area contributed by atoms with Crippen LogP contribution in [-0.2, 0) is 0 Å². The second-order valence-electron chi connectivity index (χ2n) is 5.89. The van der Waals surface area contributed by atoms with Crippen LogP contribution in [0, 0.1) is 5.92 Å². The largest absolute Gasteiger partial charge is 0.363 e. The van der Waals surface area contributed by atoms with Gasteiger partial charge >= 0.3 is 0 Å². The van der Waals surface area contributed by atoms with Gasteiger partial charge in [0.1, 0.15) is 0 Å². The van der Waals surface area contributed by atoms with Crippen molar-refractivity contribution in [3.63, 3.8) is 0 Å². The van der Waals surface area contributed by atoms with Gasteiger partial charge in [0.05, 0.1) is 5.00 Å². The lowest BCUT2D eigenvalue weighted by Crippen LogP contribution is -2.49. The summed E-state index contributed by atoms with van der Waals surface area (Å²) in [7, 11) is 1.86. The molecule has 0 bridgehead atoms. The van der Waals surface area contributed by atoms with Crippen LogP contribution in [0.1, 0.15) is 26.2 Å². The normalized spacial score (nSPS) is 26.2. The Morgan fingerprint density at radius 1 is 1.33 bits per heavy atom. The van der Waals surface area contributed by atoms with Crippen molar-refractivity contribution in [3.05, 3.63) is 17.5 Å². The molecule has 0 aromatic carbocycles. The zero-order valence-corrected chi connectivity index (χ0v) is 15.9. The van der Waals surface area contributed by atoms with Crippen molar-refractivity contribution in [3.8, 4) is 0 Å². The molecule has 118 valence electrons. The topological polar surface area (TPSA) is 39.7 Å². The van der Waals surface area contributed by atoms with Crippen molar-refractivity contribution in [2.45, 2.75) is 38.3 Å². The van der Waals surface area contributed by atoms with E-state index in [2.05, 4.69) is 45.0 Å². The summed E-state index contributed by atoms with van der Waals surface area (Å²) in [6.07, 6.45) is 3.63. The van der Waals surface area contributed by atoms with E-state index >= 15 is 0 Å². The molecule has 2 aliphatic rings. The molecule has 2 fully saturated rings. The maximum Gasteiger partial charge on any atom is 0.191 e. The van der Waals surface area contributed by atoms with Gasteiger partial charge in [-0.3, -0.25) is 4.99 Å². The van der Waals surface area contributed by atoms with Crippen LogP contribution in [0.5, 0.6) is 0 Å². The number of rotatable bonds is 3. The van der Waals surface area contributed by atoms with Crippen LogP contribution in [0.25, 0.3) is 0 Å². The molecule has 0 spiro atoms. The molecule has 1 saturated carbocycles. The van der Waals surface area contributed by atoms with E-state index in [-0.39, 0.29) is 24.0 Å². The first kappa shape index (κ1) is 16.9. The summed E-state index contributed by atoms with van der Waals surface area (Å²) in [6, 6.07) is 5.53. The second kappa shape index (κ2) is 7.67. The summed E-state index contributed by atoms with van der Waals surface area (Å²) in [5.74, 6) is 1.78. The smallest absolute Gasteiger partial charge is 0.191 e. The van der Waals surface area contributed by atoms with Gasteiger partial charge < -0.3 is 15.5 Å². The molecule has 1 aliphatic heterocycles. The maximum atomic E-state index is 4.35. The predicted octanol–water partition coefficient (Wildman–Crippen LogP) is 2.91. The molecule has 2 atom stereocenters. The molecule has 6 heteroatoms. The number of piperidine rings is 1. The second-order valence-corrected chi connectivity index (χ2v) is 6.82. The van der Waals surface area contributed by atoms with Crippen molar-refractivity contribution < 1.29 is 0 Å². The van der Waals surface area contributed by atoms with E-state index in [0.717, 1.165) is 25.0 Å². The Hall–Kier alpha value is -0.500. The molecule has 1 aliphatic carbocycles. The molecule has 4 nitrogen and oxygen atoms in total. The molecular formula is C15H25IN4S. The lowest BCUT2D eigenvalue weighted by Gasteiger charge is -2.33. The van der Waals surface area contributed by atoms with Gasteiger partial charge in [-0.25, -0.2) is 0 Å². The van der Waals surface area contributed by atoms with Gasteiger partial charge in [0.2, 0.25) is 0 Å². The lowest BCUT2D eigenvalue weighted by molar-refractivity contribution is 0.462. The highest BCUT2D eigenvalue weighted by Crippen LogP contribution is 2.29. The van der Waals surface area contributed by atoms with Gasteiger partial charge in [-0.1, -0.05) is 6.92 Å². The molecule has 1 saturated heterocycles. The minimum absolute atomic E-state index is 0. The highest BCUT2D eigenvalue weighted by molar-refractivity contribution is 14.0. The van der Waals surface area contributed by atoms with E-state index in [9.17, 15) is 0 Å². The summed E-state index contributed by atoms with van der Waals surface area (Å²) in [6.45, 7) is 4.55. The van der Waals surface area contributed by atoms with Crippen LogP contribution < -0.4 is 15.5 Å². The summed E-state index contributed by atoms with van der Waals surface area (Å²) < 4.78 is 0. The standard InChI is InChI=1S/C15H24N4S.HI/c1-11-10-13(11)18-15(16-2)17-12-5-7-19(8-6-12)14-4-3-9-20-14;/h3-4,9,11-13H,5-8,10H2,1-2H3,(H2,16,17,18);1H. The third kappa shape index (κ3) is 4.48. The van der Waals surface area contributed by atoms with Crippen LogP contribution in [0.4, 0.5) is 5.00 Å². The summed E-state index contributed by atoms with van der Waals surface area (Å²) in [5.41, 5.74) is 0. The molecule has 3 rings (SSSR count). The first-order valence-electron chi connectivity index (χ1n) is 7.54. The minimum atomic E-state index is 0. The number of hydrogen-bond acceptors (Lipinski definition) is 3. The Morgan fingerprint density at radius 3 is 2.57 bits per heavy atom. The average Bonchev–Trinajstić information content (AvgIpc) is 2.96. The predicted molar refractivity (Wildman–Crippen MR) is 102 cm³/mol. The third-order valence-electron chi connectivity index (χ3n) is 4.31. The molecule has 2 N–H and O–H groups in total. The van der Waals surface area contributed by atoms with E-state index in [1.54, 1.807) is 0 Å². The zero-order valence-electron chi connectivity index (χ0n) is 12.7. The van der Waals surface area contributed by atoms with E-state index in [0.29, 0.717) is 12.1 Å². The van der Waals surface area contributed by atoms with Crippen molar-refractivity contribution in [1.82, 2.24) is 10.6 Å². The highest BCUT2D eigenvalue weighted by atomic mass is 127. The van der Waals surface area contributed by atoms with E-state index in [1.807, 2.05) is 18.4 Å². The number of nitrogens with zero attached hydrogens (tertiary/aromatic N) is 2. The maximum absolute atomic E-state index is 4.35. The van der Waals surface area contributed by atoms with Gasteiger partial charge in [0, 0.05) is 32.2 Å². The number of aliphatic imine (C=N–C) groups is 1. The summed E-state index contributed by atoms with van der Waals surface area (Å²) in [4.78, 5) is 6.84. The highest BCUT2D eigenvalue weighted by Gasteiger charge is 2.33. The molecule has 1 aromatic heterocycles. The summed E-state index contributed by atoms with van der Waals surface area (Å²) >= 11 is 1.84. The molecule has 0 radical (unpaired) electrons. The lowest BCUT2D eigenvalue weighted by atomic mass is 10.1. The van der Waals surface area contributed by atoms with E-state index < -0.39 is 0 Å². The number of hydrogen-bond donors (Lipinski definition) is 2. The van der Waals surface area contributed by atoms with Crippen molar-refractivity contribution in [2.75, 3.05) is 25.0 Å². The first-order valence-corrected chi connectivity index (χ1v) is 8.42. The average molecular weight is 420 g/mol. The molecule has 2 heterocycles. The van der Waals surface area contributed by atoms with Crippen LogP contribution in [0.15, 0.2) is 22.5 Å². The zero-order chi connectivity index (χ0) is 13.9. The van der Waals surface area contributed by atoms with Crippen LogP contribution in [-0.4, -0.2) is 38.2 Å². The molecule has 21 heavy (non-hydrogen) atoms. The SMILES string of the molecule is CN=C(NC1CCN(c2cccs2)CC1)NC1CC1C.I. The molecule has 1 aromatic rings. The van der Waals surface area contributed by atoms with Crippen molar-refractivity contribution in [1.29, 1.82) is 0 Å². The van der Waals surface area contributed by atoms with Crippen molar-refractivity contribution in [2.24, 2.45) is 10.9 Å². The summed E-state index contributed by atoms with van der Waals surface area (Å²) in [5, 5.41) is 10.6. The number of halogens is 1. The van der Waals surface area contributed by atoms with Crippen LogP contribution >= 0.6 is 35.3 Å². The molecule has 0 amide bonds. The number of nitrogens with one attached hydrogen (secondary N) is 2. The Morgan fingerprint density at radius 2 is 2.05 bits per heavy atom. The Balaban J connectivity index is 0.00000161. The monoisotopic (exact) mass is 420 g/mol. The molecule has 2 unspecified atom stereocenters. The minimum Gasteiger partial charge on any atom is -0.363 e. The Labute approximate surface area is 148 Å². The Kier molecular flexibility index (Phi) is 6.16. The van der Waals surface area contributed by atoms with Gasteiger partial charge in [-0.05, 0) is 42.7 Å². The quantitative estimate of drug-likeness (QED) is 0.449. The number of thiophene rings is 1. The number of anilines is 1. The fraction of sp³-hybridized carbons (Fsp3) is 0.667. The molecular weight excluding hydrogens is 395 g/mol. The van der Waals surface area contributed by atoms with Gasteiger partial charge in [-0.2, -0.15) is 0 Å². The van der Waals surface area contributed by atoms with Gasteiger partial charge in [0.25, 0.3) is 0 Å². The van der Waals surface area contributed by atoms with Gasteiger partial charge in [-0.15, -0.1) is 35.3 Å². The van der Waals surface area contributed by atoms with Crippen molar-refractivity contribution >= 4 is 46.3 Å². The third-order valence-corrected chi connectivity index (χ3v) is 5.24. The Bertz CT molecular complexity index is 454. The first-order chi connectivity index (χ1) is 9.76.